The highest BCUT2D eigenvalue weighted by Gasteiger charge is 2.28. The molecule has 0 saturated carbocycles. The van der Waals surface area contributed by atoms with Crippen molar-refractivity contribution < 1.29 is 17.7 Å². The number of rotatable bonds is 8. The Morgan fingerprint density at radius 2 is 1.86 bits per heavy atom. The maximum Gasteiger partial charge on any atom is 0.324 e. The Labute approximate surface area is 214 Å². The molecule has 0 spiro atoms. The van der Waals surface area contributed by atoms with Crippen molar-refractivity contribution >= 4 is 38.5 Å². The van der Waals surface area contributed by atoms with Crippen molar-refractivity contribution in [2.24, 2.45) is 5.92 Å². The minimum Gasteiger partial charge on any atom is -0.467 e. The van der Waals surface area contributed by atoms with Gasteiger partial charge in [0, 0.05) is 24.6 Å². The Balaban J connectivity index is 1.21. The van der Waals surface area contributed by atoms with Gasteiger partial charge >= 0.3 is 6.01 Å². The number of hydrogen-bond acceptors (Lipinski definition) is 11. The molecular formula is C24H28N6O4S2. The molecule has 0 radical (unpaired) electrons. The Hall–Kier alpha value is -3.12. The first-order valence-corrected chi connectivity index (χ1v) is 14.1. The van der Waals surface area contributed by atoms with Crippen LogP contribution < -0.4 is 9.64 Å². The monoisotopic (exact) mass is 528 g/mol. The molecule has 4 heterocycles. The van der Waals surface area contributed by atoms with E-state index in [2.05, 4.69) is 31.9 Å². The molecule has 1 aromatic carbocycles. The maximum absolute atomic E-state index is 10.9. The van der Waals surface area contributed by atoms with Crippen LogP contribution >= 0.6 is 11.3 Å². The van der Waals surface area contributed by atoms with Crippen molar-refractivity contribution in [3.05, 3.63) is 41.9 Å². The molecule has 1 fully saturated rings. The molecule has 0 bridgehead atoms. The van der Waals surface area contributed by atoms with E-state index < -0.39 is 10.7 Å². The third kappa shape index (κ3) is 5.49. The summed E-state index contributed by atoms with van der Waals surface area (Å²) in [4.78, 5) is 21.0. The number of anilines is 1. The third-order valence-electron chi connectivity index (χ3n) is 6.37. The van der Waals surface area contributed by atoms with Gasteiger partial charge in [0.05, 0.1) is 17.6 Å². The van der Waals surface area contributed by atoms with E-state index in [0.717, 1.165) is 42.9 Å². The van der Waals surface area contributed by atoms with Gasteiger partial charge in [-0.1, -0.05) is 54.6 Å². The van der Waals surface area contributed by atoms with E-state index in [-0.39, 0.29) is 17.8 Å². The molecule has 12 heteroatoms. The van der Waals surface area contributed by atoms with E-state index in [9.17, 15) is 8.42 Å². The number of hydrogen-bond donors (Lipinski definition) is 1. The molecule has 1 aliphatic rings. The lowest BCUT2D eigenvalue weighted by atomic mass is 9.92. The first-order chi connectivity index (χ1) is 17.4. The molecule has 5 rings (SSSR count). The summed E-state index contributed by atoms with van der Waals surface area (Å²) < 4.78 is 33.5. The van der Waals surface area contributed by atoms with Crippen molar-refractivity contribution in [2.45, 2.75) is 51.4 Å². The highest BCUT2D eigenvalue weighted by Crippen LogP contribution is 2.31. The number of fused-ring (bicyclic) bond motifs is 1. The van der Waals surface area contributed by atoms with Gasteiger partial charge in [-0.2, -0.15) is 9.97 Å². The molecule has 4 aromatic rings. The van der Waals surface area contributed by atoms with E-state index in [1.54, 1.807) is 18.3 Å². The van der Waals surface area contributed by atoms with Crippen molar-refractivity contribution in [1.82, 2.24) is 25.1 Å². The SMILES string of the molecule is CC(C)c1noc(N2CCC(C(C)Oc3nc4ncc(-c5ccc(C[SH](=O)=O)cc5)nc4s3)CC2)n1. The summed E-state index contributed by atoms with van der Waals surface area (Å²) >= 11 is 1.38. The van der Waals surface area contributed by atoms with Crippen molar-refractivity contribution in [2.75, 3.05) is 18.0 Å². The number of ether oxygens (including phenoxy) is 1. The first kappa shape index (κ1) is 24.6. The van der Waals surface area contributed by atoms with Gasteiger partial charge in [-0.25, -0.2) is 18.4 Å². The van der Waals surface area contributed by atoms with Crippen molar-refractivity contribution in [1.29, 1.82) is 0 Å². The van der Waals surface area contributed by atoms with Gasteiger partial charge in [-0.05, 0) is 31.2 Å². The summed E-state index contributed by atoms with van der Waals surface area (Å²) in [5.41, 5.74) is 2.87. The van der Waals surface area contributed by atoms with E-state index in [4.69, 9.17) is 14.2 Å². The quantitative estimate of drug-likeness (QED) is 0.335. The number of thiazole rings is 1. The minimum absolute atomic E-state index is 0.00106. The zero-order valence-electron chi connectivity index (χ0n) is 20.3. The van der Waals surface area contributed by atoms with Gasteiger partial charge in [0.2, 0.25) is 0 Å². The molecule has 1 atom stereocenters. The minimum atomic E-state index is -2.45. The number of benzene rings is 1. The zero-order chi connectivity index (χ0) is 25.2. The molecular weight excluding hydrogens is 500 g/mol. The third-order valence-corrected chi connectivity index (χ3v) is 7.83. The van der Waals surface area contributed by atoms with Gasteiger partial charge in [-0.3, -0.25) is 0 Å². The van der Waals surface area contributed by atoms with Crippen LogP contribution in [0.5, 0.6) is 5.19 Å². The fourth-order valence-corrected chi connectivity index (χ4v) is 5.57. The van der Waals surface area contributed by atoms with Crippen LogP contribution in [0.25, 0.3) is 21.7 Å². The number of piperidine rings is 1. The van der Waals surface area contributed by atoms with E-state index in [0.29, 0.717) is 33.3 Å². The second kappa shape index (κ2) is 10.5. The van der Waals surface area contributed by atoms with Crippen LogP contribution in [-0.4, -0.2) is 52.7 Å². The highest BCUT2D eigenvalue weighted by atomic mass is 32.2. The molecule has 1 saturated heterocycles. The summed E-state index contributed by atoms with van der Waals surface area (Å²) in [6.45, 7) is 7.87. The average molecular weight is 529 g/mol. The van der Waals surface area contributed by atoms with Gasteiger partial charge in [-0.15, -0.1) is 0 Å². The van der Waals surface area contributed by atoms with Crippen LogP contribution in [0.2, 0.25) is 0 Å². The predicted octanol–water partition coefficient (Wildman–Crippen LogP) is 4.06. The average Bonchev–Trinajstić information content (AvgIpc) is 3.51. The van der Waals surface area contributed by atoms with Crippen LogP contribution in [0.3, 0.4) is 0 Å². The second-order valence-electron chi connectivity index (χ2n) is 9.29. The van der Waals surface area contributed by atoms with Gasteiger partial charge in [0.25, 0.3) is 5.19 Å². The van der Waals surface area contributed by atoms with Gasteiger partial charge < -0.3 is 14.2 Å². The Morgan fingerprint density at radius 3 is 2.53 bits per heavy atom. The second-order valence-corrected chi connectivity index (χ2v) is 11.2. The van der Waals surface area contributed by atoms with Crippen LogP contribution in [0, 0.1) is 5.92 Å². The van der Waals surface area contributed by atoms with E-state index in [1.807, 2.05) is 26.0 Å². The first-order valence-electron chi connectivity index (χ1n) is 12.0. The topological polar surface area (TPSA) is 124 Å². The number of aromatic nitrogens is 5. The molecule has 1 unspecified atom stereocenters. The molecule has 0 N–H and O–H groups in total. The predicted molar refractivity (Wildman–Crippen MR) is 138 cm³/mol. The summed E-state index contributed by atoms with van der Waals surface area (Å²) in [5.74, 6) is 1.40. The fourth-order valence-electron chi connectivity index (χ4n) is 4.23. The highest BCUT2D eigenvalue weighted by molar-refractivity contribution is 7.71. The lowest BCUT2D eigenvalue weighted by Crippen LogP contribution is -2.38. The molecule has 3 aromatic heterocycles. The van der Waals surface area contributed by atoms with Crippen LogP contribution in [0.15, 0.2) is 35.0 Å². The molecule has 0 amide bonds. The maximum atomic E-state index is 10.9. The smallest absolute Gasteiger partial charge is 0.324 e. The number of thiol groups is 1. The summed E-state index contributed by atoms with van der Waals surface area (Å²) in [5, 5.41) is 4.63. The molecule has 190 valence electrons. The summed E-state index contributed by atoms with van der Waals surface area (Å²) in [6, 6.07) is 7.90. The summed E-state index contributed by atoms with van der Waals surface area (Å²) in [6.07, 6.45) is 3.60. The van der Waals surface area contributed by atoms with E-state index >= 15 is 0 Å². The van der Waals surface area contributed by atoms with Crippen LogP contribution in [0.1, 0.15) is 50.9 Å². The van der Waals surface area contributed by atoms with Gasteiger partial charge in [0.15, 0.2) is 16.3 Å². The largest absolute Gasteiger partial charge is 0.467 e. The zero-order valence-corrected chi connectivity index (χ0v) is 22.0. The molecule has 0 aliphatic carbocycles. The molecule has 10 nitrogen and oxygen atoms in total. The van der Waals surface area contributed by atoms with E-state index in [1.165, 1.54) is 11.3 Å². The van der Waals surface area contributed by atoms with Crippen molar-refractivity contribution in [3.8, 4) is 16.5 Å². The number of nitrogens with zero attached hydrogens (tertiary/aromatic N) is 6. The van der Waals surface area contributed by atoms with Crippen LogP contribution in [-0.2, 0) is 16.5 Å². The normalized spacial score (nSPS) is 15.8. The Morgan fingerprint density at radius 1 is 1.11 bits per heavy atom. The lowest BCUT2D eigenvalue weighted by molar-refractivity contribution is 0.131. The van der Waals surface area contributed by atoms with Gasteiger partial charge in [0.1, 0.15) is 16.8 Å². The molecule has 1 aliphatic heterocycles. The Kier molecular flexibility index (Phi) is 7.15. The lowest BCUT2D eigenvalue weighted by Gasteiger charge is -2.33. The Bertz CT molecular complexity index is 1400. The van der Waals surface area contributed by atoms with Crippen molar-refractivity contribution in [3.63, 3.8) is 0 Å². The fraction of sp³-hybridized carbons (Fsp3) is 0.458. The summed E-state index contributed by atoms with van der Waals surface area (Å²) in [7, 11) is -2.45. The molecule has 36 heavy (non-hydrogen) atoms. The van der Waals surface area contributed by atoms with Crippen LogP contribution in [0.4, 0.5) is 6.01 Å². The standard InChI is InChI=1S/C24H28N6O4S2/c1-14(2)20-27-23(34-29-20)30-10-8-17(9-11-30)15(3)33-24-28-21-22(35-24)26-19(12-25-21)18-6-4-16(5-7-18)13-36(31)32/h4-7,12,14-15,17,36H,8-11,13H2,1-3H3.